The molecule has 0 bridgehead atoms. The van der Waals surface area contributed by atoms with E-state index in [1.54, 1.807) is 0 Å². The number of likely N-dealkylation sites (N-methyl/N-ethyl adjacent to an activating group) is 1. The molecule has 1 rings (SSSR count). The fourth-order valence-corrected chi connectivity index (χ4v) is 2.20. The summed E-state index contributed by atoms with van der Waals surface area (Å²) in [6, 6.07) is 0.688. The van der Waals surface area contributed by atoms with Crippen molar-refractivity contribution in [3.05, 3.63) is 0 Å². The fourth-order valence-electron chi connectivity index (χ4n) is 2.20. The van der Waals surface area contributed by atoms with Crippen molar-refractivity contribution in [3.63, 3.8) is 0 Å². The third kappa shape index (κ3) is 6.39. The van der Waals surface area contributed by atoms with Crippen molar-refractivity contribution in [1.29, 1.82) is 0 Å². The first kappa shape index (κ1) is 14.9. The molecule has 0 radical (unpaired) electrons. The highest BCUT2D eigenvalue weighted by molar-refractivity contribution is 4.69. The summed E-state index contributed by atoms with van der Waals surface area (Å²) in [5.74, 6) is 0. The van der Waals surface area contributed by atoms with Gasteiger partial charge >= 0.3 is 0 Å². The summed E-state index contributed by atoms with van der Waals surface area (Å²) in [5, 5.41) is 0. The minimum Gasteiger partial charge on any atom is -0.304 e. The Balaban J connectivity index is 1.94. The van der Waals surface area contributed by atoms with E-state index in [0.717, 1.165) is 0 Å². The summed E-state index contributed by atoms with van der Waals surface area (Å²) in [5.41, 5.74) is 0. The van der Waals surface area contributed by atoms with Gasteiger partial charge in [0.15, 0.2) is 0 Å². The molecule has 0 saturated carbocycles. The minimum atomic E-state index is 0.688. The predicted molar refractivity (Wildman–Crippen MR) is 75.6 cm³/mol. The second kappa shape index (κ2) is 8.06. The smallest absolute Gasteiger partial charge is 0.0110 e. The SMILES string of the molecule is CC(C)N(C)CCCCCN1CCN(C)CC1. The van der Waals surface area contributed by atoms with Crippen LogP contribution in [0.15, 0.2) is 0 Å². The van der Waals surface area contributed by atoms with Crippen molar-refractivity contribution < 1.29 is 0 Å². The fraction of sp³-hybridized carbons (Fsp3) is 1.00. The minimum absolute atomic E-state index is 0.688. The van der Waals surface area contributed by atoms with Gasteiger partial charge in [-0.05, 0) is 53.9 Å². The largest absolute Gasteiger partial charge is 0.304 e. The number of nitrogens with zero attached hydrogens (tertiary/aromatic N) is 3. The van der Waals surface area contributed by atoms with Gasteiger partial charge in [0.05, 0.1) is 0 Å². The zero-order valence-corrected chi connectivity index (χ0v) is 12.3. The first-order chi connectivity index (χ1) is 8.09. The van der Waals surface area contributed by atoms with Gasteiger partial charge < -0.3 is 14.7 Å². The quantitative estimate of drug-likeness (QED) is 0.629. The van der Waals surface area contributed by atoms with Crippen LogP contribution in [0.2, 0.25) is 0 Å². The third-order valence-corrected chi connectivity index (χ3v) is 3.96. The molecule has 17 heavy (non-hydrogen) atoms. The first-order valence-corrected chi connectivity index (χ1v) is 7.20. The number of rotatable bonds is 7. The summed E-state index contributed by atoms with van der Waals surface area (Å²) < 4.78 is 0. The maximum absolute atomic E-state index is 2.62. The van der Waals surface area contributed by atoms with E-state index in [9.17, 15) is 0 Å². The lowest BCUT2D eigenvalue weighted by atomic mass is 10.2. The summed E-state index contributed by atoms with van der Waals surface area (Å²) >= 11 is 0. The van der Waals surface area contributed by atoms with E-state index < -0.39 is 0 Å². The molecule has 1 aliphatic heterocycles. The number of piperazine rings is 1. The van der Waals surface area contributed by atoms with Crippen LogP contribution < -0.4 is 0 Å². The van der Waals surface area contributed by atoms with Crippen molar-refractivity contribution in [3.8, 4) is 0 Å². The average molecular weight is 241 g/mol. The Kier molecular flexibility index (Phi) is 7.09. The first-order valence-electron chi connectivity index (χ1n) is 7.20. The number of hydrogen-bond donors (Lipinski definition) is 0. The Bertz CT molecular complexity index is 186. The van der Waals surface area contributed by atoms with E-state index in [1.807, 2.05) is 0 Å². The van der Waals surface area contributed by atoms with E-state index in [1.165, 1.54) is 58.5 Å². The van der Waals surface area contributed by atoms with Crippen LogP contribution in [0.3, 0.4) is 0 Å². The monoisotopic (exact) mass is 241 g/mol. The average Bonchev–Trinajstić information content (AvgIpc) is 2.30. The Morgan fingerprint density at radius 1 is 1.00 bits per heavy atom. The normalized spacial score (nSPS) is 19.4. The molecule has 3 heteroatoms. The van der Waals surface area contributed by atoms with Gasteiger partial charge in [0.25, 0.3) is 0 Å². The molecule has 0 amide bonds. The van der Waals surface area contributed by atoms with Gasteiger partial charge in [-0.25, -0.2) is 0 Å². The van der Waals surface area contributed by atoms with Crippen LogP contribution in [-0.2, 0) is 0 Å². The van der Waals surface area contributed by atoms with Crippen LogP contribution in [0.1, 0.15) is 33.1 Å². The molecule has 1 heterocycles. The summed E-state index contributed by atoms with van der Waals surface area (Å²) in [6.45, 7) is 12.1. The highest BCUT2D eigenvalue weighted by Crippen LogP contribution is 2.04. The second-order valence-corrected chi connectivity index (χ2v) is 5.78. The van der Waals surface area contributed by atoms with E-state index in [4.69, 9.17) is 0 Å². The molecule has 3 nitrogen and oxygen atoms in total. The van der Waals surface area contributed by atoms with Crippen molar-refractivity contribution in [2.24, 2.45) is 0 Å². The van der Waals surface area contributed by atoms with Crippen LogP contribution in [0, 0.1) is 0 Å². The van der Waals surface area contributed by atoms with Gasteiger partial charge in [0.2, 0.25) is 0 Å². The molecule has 0 aromatic rings. The van der Waals surface area contributed by atoms with Crippen LogP contribution in [0.4, 0.5) is 0 Å². The van der Waals surface area contributed by atoms with Crippen LogP contribution >= 0.6 is 0 Å². The van der Waals surface area contributed by atoms with Gasteiger partial charge in [-0.15, -0.1) is 0 Å². The summed E-state index contributed by atoms with van der Waals surface area (Å²) in [4.78, 5) is 7.48. The molecular formula is C14H31N3. The lowest BCUT2D eigenvalue weighted by Crippen LogP contribution is -2.44. The standard InChI is InChI=1S/C14H31N3/c1-14(2)16(4)8-6-5-7-9-17-12-10-15(3)11-13-17/h14H,5-13H2,1-4H3. The molecular weight excluding hydrogens is 210 g/mol. The number of unbranched alkanes of at least 4 members (excludes halogenated alkanes) is 2. The van der Waals surface area contributed by atoms with Gasteiger partial charge in [0.1, 0.15) is 0 Å². The Morgan fingerprint density at radius 3 is 2.24 bits per heavy atom. The van der Waals surface area contributed by atoms with Crippen LogP contribution in [0.5, 0.6) is 0 Å². The van der Waals surface area contributed by atoms with E-state index in [-0.39, 0.29) is 0 Å². The summed E-state index contributed by atoms with van der Waals surface area (Å²) in [6.07, 6.45) is 4.10. The van der Waals surface area contributed by atoms with Gasteiger partial charge in [-0.1, -0.05) is 6.42 Å². The van der Waals surface area contributed by atoms with Gasteiger partial charge in [-0.3, -0.25) is 0 Å². The molecule has 0 spiro atoms. The molecule has 0 atom stereocenters. The molecule has 0 aromatic heterocycles. The van der Waals surface area contributed by atoms with Gasteiger partial charge in [0, 0.05) is 32.2 Å². The Hall–Kier alpha value is -0.120. The highest BCUT2D eigenvalue weighted by Gasteiger charge is 2.12. The lowest BCUT2D eigenvalue weighted by Gasteiger charge is -2.32. The van der Waals surface area contributed by atoms with Gasteiger partial charge in [-0.2, -0.15) is 0 Å². The molecule has 0 aromatic carbocycles. The Morgan fingerprint density at radius 2 is 1.65 bits per heavy atom. The van der Waals surface area contributed by atoms with Crippen molar-refractivity contribution in [2.45, 2.75) is 39.2 Å². The van der Waals surface area contributed by atoms with E-state index in [0.29, 0.717) is 6.04 Å². The highest BCUT2D eigenvalue weighted by atomic mass is 15.2. The molecule has 1 fully saturated rings. The van der Waals surface area contributed by atoms with E-state index in [2.05, 4.69) is 42.6 Å². The Labute approximate surface area is 108 Å². The lowest BCUT2D eigenvalue weighted by molar-refractivity contribution is 0.151. The van der Waals surface area contributed by atoms with Crippen LogP contribution in [0.25, 0.3) is 0 Å². The molecule has 0 N–H and O–H groups in total. The zero-order valence-electron chi connectivity index (χ0n) is 12.3. The predicted octanol–water partition coefficient (Wildman–Crippen LogP) is 1.74. The molecule has 102 valence electrons. The topological polar surface area (TPSA) is 9.72 Å². The van der Waals surface area contributed by atoms with E-state index >= 15 is 0 Å². The second-order valence-electron chi connectivity index (χ2n) is 5.78. The zero-order chi connectivity index (χ0) is 12.7. The third-order valence-electron chi connectivity index (χ3n) is 3.96. The van der Waals surface area contributed by atoms with Crippen molar-refractivity contribution in [2.75, 3.05) is 53.4 Å². The van der Waals surface area contributed by atoms with Crippen molar-refractivity contribution in [1.82, 2.24) is 14.7 Å². The number of hydrogen-bond acceptors (Lipinski definition) is 3. The molecule has 1 saturated heterocycles. The van der Waals surface area contributed by atoms with Crippen molar-refractivity contribution >= 4 is 0 Å². The maximum Gasteiger partial charge on any atom is 0.0110 e. The molecule has 0 aliphatic carbocycles. The summed E-state index contributed by atoms with van der Waals surface area (Å²) in [7, 11) is 4.45. The molecule has 1 aliphatic rings. The maximum atomic E-state index is 2.62. The molecule has 0 unspecified atom stereocenters. The van der Waals surface area contributed by atoms with Crippen LogP contribution in [-0.4, -0.2) is 74.1 Å².